The normalized spacial score (nSPS) is 22.9. The van der Waals surface area contributed by atoms with E-state index in [2.05, 4.69) is 5.10 Å². The summed E-state index contributed by atoms with van der Waals surface area (Å²) in [5.74, 6) is 0.602. The van der Waals surface area contributed by atoms with Crippen LogP contribution in [-0.2, 0) is 21.4 Å². The fraction of sp³-hybridized carbons (Fsp3) is 0.615. The summed E-state index contributed by atoms with van der Waals surface area (Å²) in [7, 11) is 3.19. The second-order valence-corrected chi connectivity index (χ2v) is 5.25. The SMILES string of the molecule is COC(=O)C1CC(=O)N(c2cc(C3CC3)nn2C)C1. The van der Waals surface area contributed by atoms with Crippen molar-refractivity contribution in [3.8, 4) is 0 Å². The molecule has 0 bridgehead atoms. The van der Waals surface area contributed by atoms with Gasteiger partial charge in [0.2, 0.25) is 5.91 Å². The third-order valence-electron chi connectivity index (χ3n) is 3.81. The number of carbonyl (C=O) groups excluding carboxylic acids is 2. The number of methoxy groups -OCH3 is 1. The van der Waals surface area contributed by atoms with Gasteiger partial charge in [-0.1, -0.05) is 0 Å². The topological polar surface area (TPSA) is 64.4 Å². The van der Waals surface area contributed by atoms with E-state index >= 15 is 0 Å². The second kappa shape index (κ2) is 4.36. The van der Waals surface area contributed by atoms with Gasteiger partial charge in [0.15, 0.2) is 0 Å². The zero-order chi connectivity index (χ0) is 13.6. The quantitative estimate of drug-likeness (QED) is 0.757. The van der Waals surface area contributed by atoms with E-state index in [9.17, 15) is 9.59 Å². The molecule has 1 aliphatic carbocycles. The Balaban J connectivity index is 1.82. The molecular formula is C13H17N3O3. The van der Waals surface area contributed by atoms with Crippen LogP contribution in [0.2, 0.25) is 0 Å². The van der Waals surface area contributed by atoms with Crippen molar-refractivity contribution in [1.82, 2.24) is 9.78 Å². The number of anilines is 1. The highest BCUT2D eigenvalue weighted by Crippen LogP contribution is 2.40. The number of aromatic nitrogens is 2. The summed E-state index contributed by atoms with van der Waals surface area (Å²) in [5.41, 5.74) is 1.05. The van der Waals surface area contributed by atoms with Crippen LogP contribution in [0.15, 0.2) is 6.07 Å². The zero-order valence-electron chi connectivity index (χ0n) is 11.1. The molecule has 6 nitrogen and oxygen atoms in total. The predicted octanol–water partition coefficient (Wildman–Crippen LogP) is 0.823. The minimum Gasteiger partial charge on any atom is -0.469 e. The number of aryl methyl sites for hydroxylation is 1. The first-order valence-corrected chi connectivity index (χ1v) is 6.52. The fourth-order valence-corrected chi connectivity index (χ4v) is 2.56. The summed E-state index contributed by atoms with van der Waals surface area (Å²) in [6, 6.07) is 1.97. The van der Waals surface area contributed by atoms with Crippen molar-refractivity contribution in [2.24, 2.45) is 13.0 Å². The van der Waals surface area contributed by atoms with Crippen molar-refractivity contribution < 1.29 is 14.3 Å². The van der Waals surface area contributed by atoms with Crippen molar-refractivity contribution in [3.63, 3.8) is 0 Å². The molecule has 1 aromatic rings. The van der Waals surface area contributed by atoms with Gasteiger partial charge in [0, 0.05) is 32.0 Å². The highest BCUT2D eigenvalue weighted by atomic mass is 16.5. The summed E-state index contributed by atoms with van der Waals surface area (Å²) in [6.07, 6.45) is 2.57. The second-order valence-electron chi connectivity index (χ2n) is 5.25. The van der Waals surface area contributed by atoms with Crippen LogP contribution in [0.5, 0.6) is 0 Å². The molecule has 2 fully saturated rings. The van der Waals surface area contributed by atoms with Crippen LogP contribution < -0.4 is 4.90 Å². The lowest BCUT2D eigenvalue weighted by Gasteiger charge is -2.15. The largest absolute Gasteiger partial charge is 0.469 e. The molecular weight excluding hydrogens is 246 g/mol. The van der Waals surface area contributed by atoms with E-state index in [0.717, 1.165) is 11.5 Å². The molecule has 1 unspecified atom stereocenters. The Labute approximate surface area is 111 Å². The Morgan fingerprint density at radius 2 is 2.21 bits per heavy atom. The lowest BCUT2D eigenvalue weighted by Crippen LogP contribution is -2.28. The summed E-state index contributed by atoms with van der Waals surface area (Å²) in [4.78, 5) is 25.2. The van der Waals surface area contributed by atoms with Crippen molar-refractivity contribution >= 4 is 17.7 Å². The minimum absolute atomic E-state index is 0.0410. The standard InChI is InChI=1S/C13H17N3O3/c1-15-11(6-10(14-15)8-3-4-8)16-7-9(5-12(16)17)13(18)19-2/h6,8-9H,3-5,7H2,1-2H3. The Hall–Kier alpha value is -1.85. The van der Waals surface area contributed by atoms with E-state index in [1.807, 2.05) is 13.1 Å². The highest BCUT2D eigenvalue weighted by Gasteiger charge is 2.38. The first kappa shape index (κ1) is 12.2. The summed E-state index contributed by atoms with van der Waals surface area (Å²) < 4.78 is 6.44. The highest BCUT2D eigenvalue weighted by molar-refractivity contribution is 5.98. The Morgan fingerprint density at radius 1 is 1.47 bits per heavy atom. The Kier molecular flexibility index (Phi) is 2.80. The molecule has 1 aliphatic heterocycles. The molecule has 19 heavy (non-hydrogen) atoms. The van der Waals surface area contributed by atoms with Crippen LogP contribution in [0.25, 0.3) is 0 Å². The van der Waals surface area contributed by atoms with Gasteiger partial charge in [-0.3, -0.25) is 19.2 Å². The lowest BCUT2D eigenvalue weighted by atomic mass is 10.1. The van der Waals surface area contributed by atoms with Gasteiger partial charge in [-0.25, -0.2) is 0 Å². The maximum Gasteiger partial charge on any atom is 0.311 e. The zero-order valence-corrected chi connectivity index (χ0v) is 11.1. The van der Waals surface area contributed by atoms with Crippen molar-refractivity contribution in [2.75, 3.05) is 18.6 Å². The van der Waals surface area contributed by atoms with Crippen LogP contribution >= 0.6 is 0 Å². The fourth-order valence-electron chi connectivity index (χ4n) is 2.56. The van der Waals surface area contributed by atoms with Crippen LogP contribution in [0, 0.1) is 5.92 Å². The number of rotatable bonds is 3. The lowest BCUT2D eigenvalue weighted by molar-refractivity contribution is -0.145. The molecule has 0 aromatic carbocycles. The molecule has 102 valence electrons. The van der Waals surface area contributed by atoms with Crippen LogP contribution in [-0.4, -0.2) is 35.3 Å². The van der Waals surface area contributed by atoms with Gasteiger partial charge in [-0.05, 0) is 12.8 Å². The van der Waals surface area contributed by atoms with Gasteiger partial charge in [0.05, 0.1) is 18.7 Å². The molecule has 0 spiro atoms. The Bertz CT molecular complexity index is 533. The van der Waals surface area contributed by atoms with Crippen LogP contribution in [0.1, 0.15) is 30.9 Å². The Morgan fingerprint density at radius 3 is 2.84 bits per heavy atom. The van der Waals surface area contributed by atoms with Crippen LogP contribution in [0.4, 0.5) is 5.82 Å². The molecule has 0 radical (unpaired) electrons. The van der Waals surface area contributed by atoms with E-state index in [4.69, 9.17) is 4.74 Å². The number of hydrogen-bond donors (Lipinski definition) is 0. The molecule has 1 atom stereocenters. The average molecular weight is 263 g/mol. The smallest absolute Gasteiger partial charge is 0.311 e. The number of amides is 1. The van der Waals surface area contributed by atoms with Crippen molar-refractivity contribution in [3.05, 3.63) is 11.8 Å². The monoisotopic (exact) mass is 263 g/mol. The summed E-state index contributed by atoms with van der Waals surface area (Å²) >= 11 is 0. The first-order chi connectivity index (χ1) is 9.10. The average Bonchev–Trinajstić information content (AvgIpc) is 3.08. The van der Waals surface area contributed by atoms with Crippen LogP contribution in [0.3, 0.4) is 0 Å². The van der Waals surface area contributed by atoms with E-state index in [0.29, 0.717) is 12.5 Å². The number of hydrogen-bond acceptors (Lipinski definition) is 4. The van der Waals surface area contributed by atoms with E-state index in [-0.39, 0.29) is 24.2 Å². The first-order valence-electron chi connectivity index (χ1n) is 6.52. The van der Waals surface area contributed by atoms with Crippen molar-refractivity contribution in [1.29, 1.82) is 0 Å². The van der Waals surface area contributed by atoms with Gasteiger partial charge in [0.25, 0.3) is 0 Å². The van der Waals surface area contributed by atoms with E-state index in [1.54, 1.807) is 9.58 Å². The molecule has 1 amide bonds. The maximum absolute atomic E-state index is 12.0. The number of esters is 1. The molecule has 0 N–H and O–H groups in total. The number of nitrogens with zero attached hydrogens (tertiary/aromatic N) is 3. The van der Waals surface area contributed by atoms with Gasteiger partial charge in [-0.2, -0.15) is 5.10 Å². The maximum atomic E-state index is 12.0. The minimum atomic E-state index is -0.364. The third kappa shape index (κ3) is 2.11. The van der Waals surface area contributed by atoms with Gasteiger partial charge in [-0.15, -0.1) is 0 Å². The molecule has 1 saturated heterocycles. The molecule has 3 rings (SSSR count). The molecule has 2 heterocycles. The predicted molar refractivity (Wildman–Crippen MR) is 67.7 cm³/mol. The van der Waals surface area contributed by atoms with Gasteiger partial charge < -0.3 is 4.74 Å². The molecule has 2 aliphatic rings. The van der Waals surface area contributed by atoms with Gasteiger partial charge in [0.1, 0.15) is 5.82 Å². The number of carbonyl (C=O) groups is 2. The summed E-state index contributed by atoms with van der Waals surface area (Å²) in [6.45, 7) is 0.384. The van der Waals surface area contributed by atoms with Crippen molar-refractivity contribution in [2.45, 2.75) is 25.2 Å². The third-order valence-corrected chi connectivity index (χ3v) is 3.81. The van der Waals surface area contributed by atoms with E-state index < -0.39 is 0 Å². The molecule has 6 heteroatoms. The van der Waals surface area contributed by atoms with E-state index in [1.165, 1.54) is 20.0 Å². The summed E-state index contributed by atoms with van der Waals surface area (Å²) in [5, 5.41) is 4.45. The molecule has 1 saturated carbocycles. The number of ether oxygens (including phenoxy) is 1. The molecule has 1 aromatic heterocycles. The van der Waals surface area contributed by atoms with Gasteiger partial charge >= 0.3 is 5.97 Å².